The maximum Gasteiger partial charge on any atom is 0.257 e. The fraction of sp³-hybridized carbons (Fsp3) is 0.125. The molecule has 36 heavy (non-hydrogen) atoms. The van der Waals surface area contributed by atoms with Crippen LogP contribution in [0.5, 0.6) is 5.88 Å². The van der Waals surface area contributed by atoms with Gasteiger partial charge in [0.05, 0.1) is 23.1 Å². The molecule has 0 aliphatic carbocycles. The second kappa shape index (κ2) is 8.58. The minimum absolute atomic E-state index is 0.146. The van der Waals surface area contributed by atoms with Gasteiger partial charge in [-0.15, -0.1) is 15.3 Å². The van der Waals surface area contributed by atoms with E-state index in [4.69, 9.17) is 9.26 Å². The van der Waals surface area contributed by atoms with Gasteiger partial charge in [0.25, 0.3) is 5.91 Å². The summed E-state index contributed by atoms with van der Waals surface area (Å²) in [6.07, 6.45) is 4.79. The normalized spacial score (nSPS) is 11.3. The SMILES string of the molecule is Cc1cc(-c2nnc3c4ccccc4c(OCc4ccc(C(=O)Nc5cnn(C)c5)cn4)nn23)no1. The van der Waals surface area contributed by atoms with Crippen molar-refractivity contribution in [2.75, 3.05) is 5.32 Å². The molecule has 0 saturated carbocycles. The lowest BCUT2D eigenvalue weighted by Gasteiger charge is -2.10. The summed E-state index contributed by atoms with van der Waals surface area (Å²) in [5.41, 5.74) is 2.77. The number of ether oxygens (including phenoxy) is 1. The zero-order valence-electron chi connectivity index (χ0n) is 19.3. The van der Waals surface area contributed by atoms with Crippen molar-refractivity contribution in [3.05, 3.63) is 78.1 Å². The zero-order chi connectivity index (χ0) is 24.6. The van der Waals surface area contributed by atoms with Gasteiger partial charge in [0.15, 0.2) is 11.3 Å². The molecule has 178 valence electrons. The average molecular weight is 481 g/mol. The third kappa shape index (κ3) is 3.90. The van der Waals surface area contributed by atoms with E-state index in [9.17, 15) is 4.79 Å². The minimum atomic E-state index is -0.274. The molecule has 5 aromatic heterocycles. The standard InChI is InChI=1S/C24H19N9O3/c1-14-9-20(31-36-14)22-29-28-21-18-5-3-4-6-19(18)24(30-33(21)22)35-13-16-8-7-15(10-25-16)23(34)27-17-11-26-32(2)12-17/h3-12H,13H2,1-2H3,(H,27,34). The van der Waals surface area contributed by atoms with Crippen LogP contribution < -0.4 is 10.1 Å². The number of nitrogens with zero attached hydrogens (tertiary/aromatic N) is 8. The first kappa shape index (κ1) is 21.4. The van der Waals surface area contributed by atoms with Gasteiger partial charge >= 0.3 is 0 Å². The second-order valence-corrected chi connectivity index (χ2v) is 8.12. The third-order valence-corrected chi connectivity index (χ3v) is 5.49. The number of amides is 1. The summed E-state index contributed by atoms with van der Waals surface area (Å²) in [5.74, 6) is 1.21. The molecule has 1 aromatic carbocycles. The Morgan fingerprint density at radius 3 is 2.69 bits per heavy atom. The molecule has 6 aromatic rings. The minimum Gasteiger partial charge on any atom is -0.470 e. The van der Waals surface area contributed by atoms with Crippen molar-refractivity contribution in [3.63, 3.8) is 0 Å². The molecule has 1 N–H and O–H groups in total. The first-order valence-electron chi connectivity index (χ1n) is 11.0. The Kier molecular flexibility index (Phi) is 5.10. The number of carbonyl (C=O) groups is 1. The molecule has 0 spiro atoms. The zero-order valence-corrected chi connectivity index (χ0v) is 19.3. The van der Waals surface area contributed by atoms with Gasteiger partial charge in [0.2, 0.25) is 11.7 Å². The number of rotatable bonds is 6. The van der Waals surface area contributed by atoms with Crippen LogP contribution in [0.1, 0.15) is 21.8 Å². The lowest BCUT2D eigenvalue weighted by Crippen LogP contribution is -2.12. The maximum atomic E-state index is 12.5. The number of carbonyl (C=O) groups excluding carboxylic acids is 1. The van der Waals surface area contributed by atoms with Crippen molar-refractivity contribution in [3.8, 4) is 17.4 Å². The largest absolute Gasteiger partial charge is 0.470 e. The first-order chi connectivity index (χ1) is 17.5. The van der Waals surface area contributed by atoms with E-state index in [2.05, 4.69) is 35.9 Å². The van der Waals surface area contributed by atoms with Crippen molar-refractivity contribution in [2.24, 2.45) is 7.05 Å². The van der Waals surface area contributed by atoms with E-state index in [-0.39, 0.29) is 12.5 Å². The molecule has 12 heteroatoms. The molecule has 1 amide bonds. The molecule has 12 nitrogen and oxygen atoms in total. The molecular weight excluding hydrogens is 462 g/mol. The summed E-state index contributed by atoms with van der Waals surface area (Å²) < 4.78 is 14.5. The van der Waals surface area contributed by atoms with Crippen LogP contribution in [0.2, 0.25) is 0 Å². The summed E-state index contributed by atoms with van der Waals surface area (Å²) in [6, 6.07) is 12.9. The monoisotopic (exact) mass is 481 g/mol. The van der Waals surface area contributed by atoms with Crippen LogP contribution >= 0.6 is 0 Å². The molecule has 0 aliphatic rings. The van der Waals surface area contributed by atoms with Gasteiger partial charge in [-0.1, -0.05) is 23.4 Å². The second-order valence-electron chi connectivity index (χ2n) is 8.12. The van der Waals surface area contributed by atoms with Crippen molar-refractivity contribution >= 4 is 28.0 Å². The average Bonchev–Trinajstić information content (AvgIpc) is 3.62. The number of pyridine rings is 1. The van der Waals surface area contributed by atoms with Crippen molar-refractivity contribution in [2.45, 2.75) is 13.5 Å². The molecule has 5 heterocycles. The van der Waals surface area contributed by atoms with Gasteiger partial charge in [-0.3, -0.25) is 14.5 Å². The van der Waals surface area contributed by atoms with Crippen LogP contribution in [0.3, 0.4) is 0 Å². The van der Waals surface area contributed by atoms with Gasteiger partial charge < -0.3 is 14.6 Å². The van der Waals surface area contributed by atoms with E-state index in [1.54, 1.807) is 53.8 Å². The van der Waals surface area contributed by atoms with E-state index in [1.165, 1.54) is 6.20 Å². The Balaban J connectivity index is 1.26. The van der Waals surface area contributed by atoms with Gasteiger partial charge in [-0.2, -0.15) is 9.61 Å². The van der Waals surface area contributed by atoms with E-state index in [1.807, 2.05) is 24.3 Å². The maximum absolute atomic E-state index is 12.5. The van der Waals surface area contributed by atoms with Gasteiger partial charge in [0.1, 0.15) is 12.4 Å². The molecule has 0 aliphatic heterocycles. The van der Waals surface area contributed by atoms with E-state index in [0.29, 0.717) is 45.8 Å². The van der Waals surface area contributed by atoms with Gasteiger partial charge in [-0.25, -0.2) is 0 Å². The van der Waals surface area contributed by atoms with Crippen LogP contribution in [-0.4, -0.2) is 45.6 Å². The van der Waals surface area contributed by atoms with Gasteiger partial charge in [-0.05, 0) is 25.1 Å². The summed E-state index contributed by atoms with van der Waals surface area (Å²) in [7, 11) is 1.78. The lowest BCUT2D eigenvalue weighted by molar-refractivity contribution is 0.102. The predicted molar refractivity (Wildman–Crippen MR) is 128 cm³/mol. The molecule has 0 radical (unpaired) electrons. The molecule has 0 bridgehead atoms. The van der Waals surface area contributed by atoms with Crippen molar-refractivity contribution < 1.29 is 14.1 Å². The molecule has 0 saturated heterocycles. The Bertz CT molecular complexity index is 1720. The van der Waals surface area contributed by atoms with E-state index >= 15 is 0 Å². The first-order valence-corrected chi connectivity index (χ1v) is 11.0. The van der Waals surface area contributed by atoms with Crippen LogP contribution in [0.25, 0.3) is 27.9 Å². The summed E-state index contributed by atoms with van der Waals surface area (Å²) in [5, 5.41) is 25.7. The number of aryl methyl sites for hydroxylation is 2. The molecule has 0 fully saturated rings. The third-order valence-electron chi connectivity index (χ3n) is 5.49. The topological polar surface area (TPSA) is 138 Å². The Labute approximate surface area is 203 Å². The molecule has 0 atom stereocenters. The summed E-state index contributed by atoms with van der Waals surface area (Å²) in [6.45, 7) is 1.95. The van der Waals surface area contributed by atoms with E-state index in [0.717, 1.165) is 10.8 Å². The molecular formula is C24H19N9O3. The highest BCUT2D eigenvalue weighted by Crippen LogP contribution is 2.29. The van der Waals surface area contributed by atoms with Gasteiger partial charge in [0, 0.05) is 36.3 Å². The van der Waals surface area contributed by atoms with E-state index < -0.39 is 0 Å². The van der Waals surface area contributed by atoms with Crippen molar-refractivity contribution in [1.29, 1.82) is 0 Å². The van der Waals surface area contributed by atoms with Crippen LogP contribution in [0.15, 0.2) is 65.6 Å². The number of nitrogens with one attached hydrogen (secondary N) is 1. The number of hydrogen-bond acceptors (Lipinski definition) is 9. The smallest absolute Gasteiger partial charge is 0.257 e. The number of hydrogen-bond donors (Lipinski definition) is 1. The Hall–Kier alpha value is -5.13. The predicted octanol–water partition coefficient (Wildman–Crippen LogP) is 3.20. The highest BCUT2D eigenvalue weighted by molar-refractivity contribution is 6.03. The highest BCUT2D eigenvalue weighted by Gasteiger charge is 2.18. The fourth-order valence-electron chi connectivity index (χ4n) is 3.77. The molecule has 0 unspecified atom stereocenters. The Morgan fingerprint density at radius 1 is 1.11 bits per heavy atom. The highest BCUT2D eigenvalue weighted by atomic mass is 16.5. The number of aromatic nitrogens is 8. The number of anilines is 1. The lowest BCUT2D eigenvalue weighted by atomic mass is 10.2. The van der Waals surface area contributed by atoms with Crippen LogP contribution in [-0.2, 0) is 13.7 Å². The summed E-state index contributed by atoms with van der Waals surface area (Å²) in [4.78, 5) is 16.8. The van der Waals surface area contributed by atoms with Crippen LogP contribution in [0, 0.1) is 6.92 Å². The quantitative estimate of drug-likeness (QED) is 0.380. The number of benzene rings is 1. The number of fused-ring (bicyclic) bond motifs is 3. The Morgan fingerprint density at radius 2 is 1.97 bits per heavy atom. The van der Waals surface area contributed by atoms with Crippen molar-refractivity contribution in [1.82, 2.24) is 39.7 Å². The molecule has 6 rings (SSSR count). The summed E-state index contributed by atoms with van der Waals surface area (Å²) >= 11 is 0. The van der Waals surface area contributed by atoms with Crippen LogP contribution in [0.4, 0.5) is 5.69 Å². The fourth-order valence-corrected chi connectivity index (χ4v) is 3.77.